The molecule has 6 heteroatoms. The standard InChI is InChI=1S/C12H18N4O2/c1-8(12(13)16-18)7-14-10-4-3-5-11(6-10)15-9(2)17/h3-6,8,14,18H,7H2,1-2H3,(H2,13,16)(H,15,17). The Labute approximate surface area is 106 Å². The number of nitrogens with zero attached hydrogens (tertiary/aromatic N) is 1. The van der Waals surface area contributed by atoms with Gasteiger partial charge in [-0.3, -0.25) is 4.79 Å². The average molecular weight is 250 g/mol. The van der Waals surface area contributed by atoms with E-state index in [1.807, 2.05) is 25.1 Å². The van der Waals surface area contributed by atoms with Crippen molar-refractivity contribution in [2.24, 2.45) is 16.8 Å². The summed E-state index contributed by atoms with van der Waals surface area (Å²) < 4.78 is 0. The second kappa shape index (κ2) is 6.48. The highest BCUT2D eigenvalue weighted by Crippen LogP contribution is 2.15. The van der Waals surface area contributed by atoms with Gasteiger partial charge in [-0.1, -0.05) is 18.1 Å². The van der Waals surface area contributed by atoms with Crippen LogP contribution in [0.5, 0.6) is 0 Å². The number of hydrogen-bond donors (Lipinski definition) is 4. The number of anilines is 2. The molecule has 0 aromatic heterocycles. The second-order valence-corrected chi connectivity index (χ2v) is 4.07. The number of amides is 1. The van der Waals surface area contributed by atoms with Crippen LogP contribution in [0.4, 0.5) is 11.4 Å². The van der Waals surface area contributed by atoms with Crippen LogP contribution in [0.1, 0.15) is 13.8 Å². The lowest BCUT2D eigenvalue weighted by atomic mass is 10.1. The number of carbonyl (C=O) groups excluding carboxylic acids is 1. The Morgan fingerprint density at radius 1 is 1.50 bits per heavy atom. The van der Waals surface area contributed by atoms with E-state index >= 15 is 0 Å². The van der Waals surface area contributed by atoms with E-state index < -0.39 is 0 Å². The number of rotatable bonds is 5. The van der Waals surface area contributed by atoms with Crippen LogP contribution < -0.4 is 16.4 Å². The predicted octanol–water partition coefficient (Wildman–Crippen LogP) is 1.44. The first-order valence-corrected chi connectivity index (χ1v) is 5.62. The maximum absolute atomic E-state index is 10.9. The molecular weight excluding hydrogens is 232 g/mol. The fraction of sp³-hybridized carbons (Fsp3) is 0.333. The Hall–Kier alpha value is -2.24. The molecule has 1 rings (SSSR count). The molecule has 6 nitrogen and oxygen atoms in total. The third kappa shape index (κ3) is 4.32. The van der Waals surface area contributed by atoms with Crippen molar-refractivity contribution >= 4 is 23.1 Å². The summed E-state index contributed by atoms with van der Waals surface area (Å²) >= 11 is 0. The minimum atomic E-state index is -0.114. The number of nitrogens with two attached hydrogens (primary N) is 1. The zero-order valence-electron chi connectivity index (χ0n) is 10.5. The van der Waals surface area contributed by atoms with E-state index in [0.29, 0.717) is 6.54 Å². The van der Waals surface area contributed by atoms with Gasteiger partial charge in [-0.25, -0.2) is 0 Å². The topological polar surface area (TPSA) is 99.7 Å². The van der Waals surface area contributed by atoms with Gasteiger partial charge in [-0.2, -0.15) is 0 Å². The van der Waals surface area contributed by atoms with Crippen molar-refractivity contribution in [3.05, 3.63) is 24.3 Å². The Morgan fingerprint density at radius 2 is 2.17 bits per heavy atom. The molecular formula is C12H18N4O2. The molecule has 1 amide bonds. The summed E-state index contributed by atoms with van der Waals surface area (Å²) in [6, 6.07) is 7.34. The van der Waals surface area contributed by atoms with Gasteiger partial charge in [-0.15, -0.1) is 0 Å². The summed E-state index contributed by atoms with van der Waals surface area (Å²) in [6.45, 7) is 3.85. The lowest BCUT2D eigenvalue weighted by Gasteiger charge is -2.13. The molecule has 0 aliphatic rings. The Balaban J connectivity index is 2.60. The monoisotopic (exact) mass is 250 g/mol. The van der Waals surface area contributed by atoms with Crippen molar-refractivity contribution in [3.63, 3.8) is 0 Å². The van der Waals surface area contributed by atoms with Crippen LogP contribution in [-0.4, -0.2) is 23.5 Å². The summed E-state index contributed by atoms with van der Waals surface area (Å²) in [5.74, 6) is -0.0166. The molecule has 1 aromatic rings. The Bertz CT molecular complexity index is 445. The predicted molar refractivity (Wildman–Crippen MR) is 71.8 cm³/mol. The van der Waals surface area contributed by atoms with Gasteiger partial charge < -0.3 is 21.6 Å². The van der Waals surface area contributed by atoms with Crippen molar-refractivity contribution in [3.8, 4) is 0 Å². The van der Waals surface area contributed by atoms with Crippen LogP contribution in [0.3, 0.4) is 0 Å². The van der Waals surface area contributed by atoms with Gasteiger partial charge in [0, 0.05) is 30.8 Å². The van der Waals surface area contributed by atoms with Crippen molar-refractivity contribution < 1.29 is 10.0 Å². The van der Waals surface area contributed by atoms with E-state index in [0.717, 1.165) is 11.4 Å². The van der Waals surface area contributed by atoms with Crippen molar-refractivity contribution in [1.82, 2.24) is 0 Å². The van der Waals surface area contributed by atoms with Gasteiger partial charge in [0.2, 0.25) is 5.91 Å². The number of hydrogen-bond acceptors (Lipinski definition) is 4. The van der Waals surface area contributed by atoms with E-state index in [4.69, 9.17) is 10.9 Å². The number of carbonyl (C=O) groups is 1. The highest BCUT2D eigenvalue weighted by Gasteiger charge is 2.07. The van der Waals surface area contributed by atoms with Gasteiger partial charge in [0.25, 0.3) is 0 Å². The number of nitrogens with one attached hydrogen (secondary N) is 2. The molecule has 0 heterocycles. The lowest BCUT2D eigenvalue weighted by molar-refractivity contribution is -0.114. The molecule has 1 atom stereocenters. The molecule has 5 N–H and O–H groups in total. The van der Waals surface area contributed by atoms with Crippen molar-refractivity contribution in [2.45, 2.75) is 13.8 Å². The first kappa shape index (κ1) is 13.8. The molecule has 98 valence electrons. The molecule has 1 unspecified atom stereocenters. The normalized spacial score (nSPS) is 12.9. The molecule has 18 heavy (non-hydrogen) atoms. The third-order valence-electron chi connectivity index (χ3n) is 2.42. The zero-order valence-corrected chi connectivity index (χ0v) is 10.5. The van der Waals surface area contributed by atoms with Gasteiger partial charge in [0.1, 0.15) is 5.84 Å². The van der Waals surface area contributed by atoms with E-state index in [-0.39, 0.29) is 17.7 Å². The highest BCUT2D eigenvalue weighted by atomic mass is 16.4. The molecule has 0 fully saturated rings. The number of oxime groups is 1. The van der Waals surface area contributed by atoms with Crippen LogP contribution >= 0.6 is 0 Å². The molecule has 1 aromatic carbocycles. The van der Waals surface area contributed by atoms with Crippen molar-refractivity contribution in [1.29, 1.82) is 0 Å². The molecule has 0 saturated heterocycles. The van der Waals surface area contributed by atoms with Crippen LogP contribution in [0.2, 0.25) is 0 Å². The highest BCUT2D eigenvalue weighted by molar-refractivity contribution is 5.89. The van der Waals surface area contributed by atoms with E-state index in [1.165, 1.54) is 6.92 Å². The average Bonchev–Trinajstić information content (AvgIpc) is 2.34. The smallest absolute Gasteiger partial charge is 0.221 e. The summed E-state index contributed by atoms with van der Waals surface area (Å²) in [5, 5.41) is 17.3. The van der Waals surface area contributed by atoms with Gasteiger partial charge in [-0.05, 0) is 18.2 Å². The molecule has 0 aliphatic heterocycles. The summed E-state index contributed by atoms with van der Waals surface area (Å²) in [4.78, 5) is 10.9. The van der Waals surface area contributed by atoms with E-state index in [2.05, 4.69) is 15.8 Å². The van der Waals surface area contributed by atoms with Crippen LogP contribution in [0, 0.1) is 5.92 Å². The van der Waals surface area contributed by atoms with Crippen LogP contribution in [0.25, 0.3) is 0 Å². The molecule has 0 saturated carbocycles. The zero-order chi connectivity index (χ0) is 13.5. The Morgan fingerprint density at radius 3 is 2.78 bits per heavy atom. The van der Waals surface area contributed by atoms with E-state index in [9.17, 15) is 4.79 Å². The second-order valence-electron chi connectivity index (χ2n) is 4.07. The SMILES string of the molecule is CC(=O)Nc1cccc(NCC(C)C(N)=NO)c1. The number of benzene rings is 1. The van der Waals surface area contributed by atoms with Gasteiger partial charge in [0.15, 0.2) is 0 Å². The molecule has 0 spiro atoms. The molecule has 0 bridgehead atoms. The lowest BCUT2D eigenvalue weighted by Crippen LogP contribution is -2.27. The number of amidine groups is 1. The van der Waals surface area contributed by atoms with Gasteiger partial charge in [0.05, 0.1) is 0 Å². The summed E-state index contributed by atoms with van der Waals surface area (Å²) in [6.07, 6.45) is 0. The molecule has 0 radical (unpaired) electrons. The fourth-order valence-electron chi connectivity index (χ4n) is 1.38. The minimum Gasteiger partial charge on any atom is -0.409 e. The quantitative estimate of drug-likeness (QED) is 0.275. The summed E-state index contributed by atoms with van der Waals surface area (Å²) in [7, 11) is 0. The maximum atomic E-state index is 10.9. The largest absolute Gasteiger partial charge is 0.409 e. The molecule has 0 aliphatic carbocycles. The fourth-order valence-corrected chi connectivity index (χ4v) is 1.38. The van der Waals surface area contributed by atoms with E-state index in [1.54, 1.807) is 6.07 Å². The first-order chi connectivity index (χ1) is 8.52. The van der Waals surface area contributed by atoms with Crippen molar-refractivity contribution in [2.75, 3.05) is 17.2 Å². The Kier molecular flexibility index (Phi) is 4.98. The summed E-state index contributed by atoms with van der Waals surface area (Å²) in [5.41, 5.74) is 7.07. The maximum Gasteiger partial charge on any atom is 0.221 e. The van der Waals surface area contributed by atoms with Crippen LogP contribution in [0.15, 0.2) is 29.4 Å². The van der Waals surface area contributed by atoms with Gasteiger partial charge >= 0.3 is 0 Å². The minimum absolute atomic E-state index is 0.0839. The first-order valence-electron chi connectivity index (χ1n) is 5.62. The van der Waals surface area contributed by atoms with Crippen LogP contribution in [-0.2, 0) is 4.79 Å². The third-order valence-corrected chi connectivity index (χ3v) is 2.42.